The summed E-state index contributed by atoms with van der Waals surface area (Å²) in [6.45, 7) is 19.3. The van der Waals surface area contributed by atoms with Crippen molar-refractivity contribution in [2.75, 3.05) is 0 Å². The zero-order valence-corrected chi connectivity index (χ0v) is 33.8. The molecule has 4 aromatic carbocycles. The SMILES string of the molecule is C[Si](C)=[Zr]([CH]1C(C2CC2)=Cc2c(-c3ccc(C(C)(C)C)cc3)cccc21)[CH]1C(C2CC2)=Cc2c(-c3ccc(C(C)(C)C)cc3)cccc21. The molecule has 0 radical (unpaired) electrons. The van der Waals surface area contributed by atoms with Crippen molar-refractivity contribution in [3.63, 3.8) is 0 Å². The topological polar surface area (TPSA) is 0 Å². The molecule has 2 heteroatoms. The summed E-state index contributed by atoms with van der Waals surface area (Å²) in [5, 5.41) is 0. The third-order valence-electron chi connectivity index (χ3n) is 11.6. The van der Waals surface area contributed by atoms with E-state index >= 15 is 0 Å². The Morgan fingerprint density at radius 2 is 0.896 bits per heavy atom. The molecule has 2 fully saturated rings. The van der Waals surface area contributed by atoms with Crippen molar-refractivity contribution in [1.29, 1.82) is 0 Å². The molecule has 2 saturated carbocycles. The number of allylic oxidation sites excluding steroid dienone is 2. The van der Waals surface area contributed by atoms with Crippen LogP contribution in [-0.4, -0.2) is 5.43 Å². The van der Waals surface area contributed by atoms with Crippen LogP contribution in [0.1, 0.15) is 108 Å². The van der Waals surface area contributed by atoms with Crippen LogP contribution in [0.3, 0.4) is 0 Å². The molecule has 0 aliphatic heterocycles. The molecule has 0 spiro atoms. The van der Waals surface area contributed by atoms with Gasteiger partial charge in [-0.1, -0.05) is 0 Å². The first-order valence-corrected chi connectivity index (χ1v) is 27.5. The van der Waals surface area contributed by atoms with Gasteiger partial charge in [0.2, 0.25) is 0 Å². The molecule has 0 amide bonds. The summed E-state index contributed by atoms with van der Waals surface area (Å²) >= 11 is -2.19. The van der Waals surface area contributed by atoms with Gasteiger partial charge < -0.3 is 0 Å². The second-order valence-corrected chi connectivity index (χ2v) is 35.3. The van der Waals surface area contributed by atoms with Gasteiger partial charge >= 0.3 is 300 Å². The van der Waals surface area contributed by atoms with Crippen LogP contribution < -0.4 is 0 Å². The van der Waals surface area contributed by atoms with Crippen molar-refractivity contribution in [3.05, 3.63) is 129 Å². The molecule has 8 rings (SSSR count). The molecule has 4 aromatic rings. The molecule has 0 N–H and O–H groups in total. The Morgan fingerprint density at radius 3 is 1.21 bits per heavy atom. The fraction of sp³-hybridized carbons (Fsp3) is 0.391. The predicted octanol–water partition coefficient (Wildman–Crippen LogP) is 12.9. The summed E-state index contributed by atoms with van der Waals surface area (Å²) < 4.78 is 1.42. The van der Waals surface area contributed by atoms with Gasteiger partial charge in [0.25, 0.3) is 0 Å². The minimum absolute atomic E-state index is 0.170. The third-order valence-corrected chi connectivity index (χ3v) is 30.9. The summed E-state index contributed by atoms with van der Waals surface area (Å²) in [6.07, 6.45) is 11.0. The van der Waals surface area contributed by atoms with E-state index in [1.165, 1.54) is 59.1 Å². The average molecular weight is 724 g/mol. The van der Waals surface area contributed by atoms with Gasteiger partial charge in [-0.2, -0.15) is 0 Å². The van der Waals surface area contributed by atoms with E-state index in [0.717, 1.165) is 11.8 Å². The van der Waals surface area contributed by atoms with Gasteiger partial charge in [-0.25, -0.2) is 0 Å². The van der Waals surface area contributed by atoms with Crippen molar-refractivity contribution in [2.45, 2.75) is 98.4 Å². The van der Waals surface area contributed by atoms with Crippen molar-refractivity contribution in [1.82, 2.24) is 0 Å². The second-order valence-electron chi connectivity index (χ2n) is 17.4. The molecular weight excluding hydrogens is 672 g/mol. The Morgan fingerprint density at radius 1 is 0.521 bits per heavy atom. The van der Waals surface area contributed by atoms with Crippen LogP contribution in [0.5, 0.6) is 0 Å². The van der Waals surface area contributed by atoms with E-state index in [4.69, 9.17) is 0 Å². The van der Waals surface area contributed by atoms with Gasteiger partial charge in [-0.15, -0.1) is 0 Å². The Kier molecular flexibility index (Phi) is 8.20. The number of rotatable bonds is 6. The zero-order valence-electron chi connectivity index (χ0n) is 30.4. The van der Waals surface area contributed by atoms with Gasteiger partial charge in [-0.05, 0) is 0 Å². The fourth-order valence-electron chi connectivity index (χ4n) is 8.63. The van der Waals surface area contributed by atoms with Gasteiger partial charge in [0.05, 0.1) is 0 Å². The summed E-state index contributed by atoms with van der Waals surface area (Å²) in [6, 6.07) is 33.7. The van der Waals surface area contributed by atoms with E-state index in [1.54, 1.807) is 22.3 Å². The van der Waals surface area contributed by atoms with E-state index in [-0.39, 0.29) is 10.8 Å². The Labute approximate surface area is 298 Å². The summed E-state index contributed by atoms with van der Waals surface area (Å²) in [5.74, 6) is 1.61. The quantitative estimate of drug-likeness (QED) is 0.174. The van der Waals surface area contributed by atoms with Crippen LogP contribution >= 0.6 is 0 Å². The standard InChI is InChI=1S/2C22H23.C2H6Si.Zr/c2*1-22(2,3)19-11-9-16(10-12-19)20-6-4-5-17-13-18(14-21(17)20)15-7-8-15;1-3-2;/h2*4-6,9-15H,7-8H2,1-3H3;1-2H3;. The molecule has 2 unspecified atom stereocenters. The van der Waals surface area contributed by atoms with Gasteiger partial charge in [0.15, 0.2) is 0 Å². The molecule has 4 aliphatic rings. The molecule has 0 nitrogen and oxygen atoms in total. The zero-order chi connectivity index (χ0) is 33.5. The molecule has 0 aromatic heterocycles. The van der Waals surface area contributed by atoms with E-state index in [1.807, 2.05) is 11.1 Å². The second kappa shape index (κ2) is 12.1. The minimum atomic E-state index is -2.19. The number of benzene rings is 4. The number of fused-ring (bicyclic) bond motifs is 2. The molecule has 0 heterocycles. The van der Waals surface area contributed by atoms with Crippen LogP contribution in [0, 0.1) is 11.8 Å². The van der Waals surface area contributed by atoms with Crippen LogP contribution in [-0.2, 0) is 31.2 Å². The van der Waals surface area contributed by atoms with Crippen molar-refractivity contribution in [3.8, 4) is 22.3 Å². The van der Waals surface area contributed by atoms with Crippen molar-refractivity contribution >= 4 is 17.6 Å². The molecule has 0 saturated heterocycles. The van der Waals surface area contributed by atoms with Gasteiger partial charge in [0.1, 0.15) is 0 Å². The maximum absolute atomic E-state index is 2.72. The molecule has 0 bridgehead atoms. The Balaban J connectivity index is 1.24. The van der Waals surface area contributed by atoms with Gasteiger partial charge in [-0.3, -0.25) is 0 Å². The molecule has 244 valence electrons. The fourth-order valence-corrected chi connectivity index (χ4v) is 29.2. The first kappa shape index (κ1) is 32.7. The van der Waals surface area contributed by atoms with E-state index < -0.39 is 25.8 Å². The van der Waals surface area contributed by atoms with Crippen LogP contribution in [0.15, 0.2) is 96.1 Å². The van der Waals surface area contributed by atoms with Crippen molar-refractivity contribution < 1.29 is 20.4 Å². The Hall–Kier alpha value is -2.54. The summed E-state index contributed by atoms with van der Waals surface area (Å²) in [4.78, 5) is 0. The molecular formula is C46H52SiZr. The van der Waals surface area contributed by atoms with Gasteiger partial charge in [0, 0.05) is 0 Å². The predicted molar refractivity (Wildman–Crippen MR) is 206 cm³/mol. The van der Waals surface area contributed by atoms with E-state index in [0.29, 0.717) is 7.25 Å². The van der Waals surface area contributed by atoms with Crippen LogP contribution in [0.2, 0.25) is 13.1 Å². The van der Waals surface area contributed by atoms with Crippen LogP contribution in [0.25, 0.3) is 34.4 Å². The first-order chi connectivity index (χ1) is 22.9. The number of hydrogen-bond acceptors (Lipinski definition) is 0. The molecule has 4 aliphatic carbocycles. The van der Waals surface area contributed by atoms with E-state index in [2.05, 4.69) is 152 Å². The maximum atomic E-state index is 2.72. The number of hydrogen-bond donors (Lipinski definition) is 0. The average Bonchev–Trinajstić information content (AvgIpc) is 4.00. The van der Waals surface area contributed by atoms with Crippen molar-refractivity contribution in [2.24, 2.45) is 11.8 Å². The van der Waals surface area contributed by atoms with E-state index in [9.17, 15) is 0 Å². The summed E-state index contributed by atoms with van der Waals surface area (Å²) in [7, 11) is 0. The monoisotopic (exact) mass is 722 g/mol. The third kappa shape index (κ3) is 5.88. The molecule has 48 heavy (non-hydrogen) atoms. The Bertz CT molecular complexity index is 1850. The van der Waals surface area contributed by atoms with Crippen LogP contribution in [0.4, 0.5) is 0 Å². The first-order valence-electron chi connectivity index (χ1n) is 18.5. The molecule has 2 atom stereocenters. The summed E-state index contributed by atoms with van der Waals surface area (Å²) in [5.41, 5.74) is 18.5. The normalized spacial score (nSPS) is 20.2.